The summed E-state index contributed by atoms with van der Waals surface area (Å²) >= 11 is 0. The summed E-state index contributed by atoms with van der Waals surface area (Å²) in [6.07, 6.45) is 1.25. The number of hydrogen-bond acceptors (Lipinski definition) is 1. The monoisotopic (exact) mass is 185 g/mol. The summed E-state index contributed by atoms with van der Waals surface area (Å²) in [6.45, 7) is 8.10. The second-order valence-corrected chi connectivity index (χ2v) is 4.91. The van der Waals surface area contributed by atoms with Crippen LogP contribution in [0.5, 0.6) is 0 Å². The fourth-order valence-electron chi connectivity index (χ4n) is 1.94. The van der Waals surface area contributed by atoms with E-state index in [1.807, 2.05) is 0 Å². The fraction of sp³-hybridized carbons (Fsp3) is 0.900. The Kier molecular flexibility index (Phi) is 2.84. The van der Waals surface area contributed by atoms with E-state index in [1.165, 1.54) is 4.90 Å². The van der Waals surface area contributed by atoms with Gasteiger partial charge in [0.2, 0.25) is 0 Å². The van der Waals surface area contributed by atoms with E-state index in [0.29, 0.717) is 24.4 Å². The van der Waals surface area contributed by atoms with E-state index < -0.39 is 6.09 Å². The lowest BCUT2D eigenvalue weighted by Crippen LogP contribution is -2.40. The summed E-state index contributed by atoms with van der Waals surface area (Å²) < 4.78 is 0. The molecule has 1 N–H and O–H groups in total. The molecule has 0 unspecified atom stereocenters. The number of likely N-dealkylation sites (tertiary alicyclic amines) is 1. The third kappa shape index (κ3) is 2.61. The van der Waals surface area contributed by atoms with Gasteiger partial charge in [-0.15, -0.1) is 0 Å². The van der Waals surface area contributed by atoms with Gasteiger partial charge in [0.05, 0.1) is 0 Å². The molecular weight excluding hydrogens is 166 g/mol. The number of nitrogens with zero attached hydrogens (tertiary/aromatic N) is 1. The van der Waals surface area contributed by atoms with Crippen molar-refractivity contribution in [2.45, 2.75) is 33.6 Å². The van der Waals surface area contributed by atoms with Crippen LogP contribution in [0.15, 0.2) is 0 Å². The van der Waals surface area contributed by atoms with E-state index in [2.05, 4.69) is 20.8 Å². The van der Waals surface area contributed by atoms with Crippen LogP contribution < -0.4 is 0 Å². The zero-order valence-electron chi connectivity index (χ0n) is 8.71. The summed E-state index contributed by atoms with van der Waals surface area (Å²) in [5.74, 6) is 0.670. The zero-order valence-corrected chi connectivity index (χ0v) is 8.71. The first-order chi connectivity index (χ1) is 5.91. The minimum absolute atomic E-state index is 0.324. The SMILES string of the molecule is CC(C)(C)C1CCN(C(=O)O)CC1. The molecule has 0 radical (unpaired) electrons. The van der Waals surface area contributed by atoms with Crippen LogP contribution in [-0.2, 0) is 0 Å². The Bertz CT molecular complexity index is 188. The van der Waals surface area contributed by atoms with Gasteiger partial charge in [-0.05, 0) is 24.2 Å². The molecule has 0 aromatic rings. The largest absolute Gasteiger partial charge is 0.465 e. The van der Waals surface area contributed by atoms with Crippen LogP contribution in [0.1, 0.15) is 33.6 Å². The number of rotatable bonds is 0. The molecular formula is C10H19NO2. The Balaban J connectivity index is 2.44. The molecule has 0 spiro atoms. The summed E-state index contributed by atoms with van der Waals surface area (Å²) in [4.78, 5) is 12.2. The van der Waals surface area contributed by atoms with Crippen molar-refractivity contribution in [3.63, 3.8) is 0 Å². The van der Waals surface area contributed by atoms with E-state index in [4.69, 9.17) is 5.11 Å². The van der Waals surface area contributed by atoms with Gasteiger partial charge in [-0.2, -0.15) is 0 Å². The average Bonchev–Trinajstić information content (AvgIpc) is 2.03. The van der Waals surface area contributed by atoms with Crippen molar-refractivity contribution in [1.29, 1.82) is 0 Å². The van der Waals surface area contributed by atoms with E-state index in [9.17, 15) is 4.79 Å². The molecule has 1 fully saturated rings. The molecule has 1 aliphatic heterocycles. The van der Waals surface area contributed by atoms with Crippen molar-refractivity contribution in [2.75, 3.05) is 13.1 Å². The smallest absolute Gasteiger partial charge is 0.407 e. The number of hydrogen-bond donors (Lipinski definition) is 1. The van der Waals surface area contributed by atoms with E-state index in [-0.39, 0.29) is 0 Å². The second-order valence-electron chi connectivity index (χ2n) is 4.91. The van der Waals surface area contributed by atoms with Gasteiger partial charge in [0, 0.05) is 13.1 Å². The molecule has 1 heterocycles. The quantitative estimate of drug-likeness (QED) is 0.629. The summed E-state index contributed by atoms with van der Waals surface area (Å²) in [6, 6.07) is 0. The van der Waals surface area contributed by atoms with Gasteiger partial charge in [-0.25, -0.2) is 4.79 Å². The molecule has 0 atom stereocenters. The predicted octanol–water partition coefficient (Wildman–Crippen LogP) is 2.42. The lowest BCUT2D eigenvalue weighted by Gasteiger charge is -2.37. The van der Waals surface area contributed by atoms with Crippen molar-refractivity contribution < 1.29 is 9.90 Å². The van der Waals surface area contributed by atoms with Crippen molar-refractivity contribution in [2.24, 2.45) is 11.3 Å². The minimum Gasteiger partial charge on any atom is -0.465 e. The van der Waals surface area contributed by atoms with E-state index >= 15 is 0 Å². The molecule has 3 heteroatoms. The maximum Gasteiger partial charge on any atom is 0.407 e. The van der Waals surface area contributed by atoms with Crippen molar-refractivity contribution in [3.8, 4) is 0 Å². The summed E-state index contributed by atoms with van der Waals surface area (Å²) in [5, 5.41) is 8.75. The molecule has 0 saturated carbocycles. The second kappa shape index (κ2) is 3.56. The highest BCUT2D eigenvalue weighted by molar-refractivity contribution is 5.64. The third-order valence-electron chi connectivity index (χ3n) is 2.99. The maximum atomic E-state index is 10.6. The van der Waals surface area contributed by atoms with Gasteiger partial charge in [0.1, 0.15) is 0 Å². The van der Waals surface area contributed by atoms with Crippen LogP contribution >= 0.6 is 0 Å². The van der Waals surface area contributed by atoms with Gasteiger partial charge in [-0.3, -0.25) is 0 Å². The lowest BCUT2D eigenvalue weighted by atomic mass is 9.75. The molecule has 0 bridgehead atoms. The molecule has 13 heavy (non-hydrogen) atoms. The molecule has 0 aromatic heterocycles. The topological polar surface area (TPSA) is 40.5 Å². The van der Waals surface area contributed by atoms with Crippen molar-refractivity contribution in [1.82, 2.24) is 4.90 Å². The first kappa shape index (κ1) is 10.4. The highest BCUT2D eigenvalue weighted by Crippen LogP contribution is 2.34. The standard InChI is InChI=1S/C10H19NO2/c1-10(2,3)8-4-6-11(7-5-8)9(12)13/h8H,4-7H2,1-3H3,(H,12,13). The van der Waals surface area contributed by atoms with Crippen molar-refractivity contribution >= 4 is 6.09 Å². The number of carboxylic acid groups (broad SMARTS) is 1. The molecule has 1 aliphatic rings. The van der Waals surface area contributed by atoms with Gasteiger partial charge < -0.3 is 10.0 Å². The molecule has 0 aliphatic carbocycles. The van der Waals surface area contributed by atoms with Gasteiger partial charge in [0.15, 0.2) is 0 Å². The highest BCUT2D eigenvalue weighted by atomic mass is 16.4. The van der Waals surface area contributed by atoms with Crippen LogP contribution in [0, 0.1) is 11.3 Å². The van der Waals surface area contributed by atoms with Crippen LogP contribution in [0.3, 0.4) is 0 Å². The maximum absolute atomic E-state index is 10.6. The molecule has 76 valence electrons. The average molecular weight is 185 g/mol. The van der Waals surface area contributed by atoms with Gasteiger partial charge in [0.25, 0.3) is 0 Å². The van der Waals surface area contributed by atoms with Crippen LogP contribution in [0.4, 0.5) is 4.79 Å². The van der Waals surface area contributed by atoms with Crippen LogP contribution in [0.2, 0.25) is 0 Å². The van der Waals surface area contributed by atoms with Gasteiger partial charge in [-0.1, -0.05) is 20.8 Å². The molecule has 0 aromatic carbocycles. The molecule has 1 amide bonds. The summed E-state index contributed by atoms with van der Waals surface area (Å²) in [5.41, 5.74) is 0.324. The summed E-state index contributed by atoms with van der Waals surface area (Å²) in [7, 11) is 0. The molecule has 1 saturated heterocycles. The number of amides is 1. The normalized spacial score (nSPS) is 20.4. The first-order valence-corrected chi connectivity index (χ1v) is 4.89. The highest BCUT2D eigenvalue weighted by Gasteiger charge is 2.29. The Morgan fingerprint density at radius 3 is 2.08 bits per heavy atom. The third-order valence-corrected chi connectivity index (χ3v) is 2.99. The first-order valence-electron chi connectivity index (χ1n) is 4.89. The van der Waals surface area contributed by atoms with Crippen LogP contribution in [0.25, 0.3) is 0 Å². The fourth-order valence-corrected chi connectivity index (χ4v) is 1.94. The van der Waals surface area contributed by atoms with E-state index in [0.717, 1.165) is 12.8 Å². The lowest BCUT2D eigenvalue weighted by molar-refractivity contribution is 0.0954. The molecule has 1 rings (SSSR count). The Morgan fingerprint density at radius 2 is 1.77 bits per heavy atom. The van der Waals surface area contributed by atoms with Crippen molar-refractivity contribution in [3.05, 3.63) is 0 Å². The molecule has 3 nitrogen and oxygen atoms in total. The minimum atomic E-state index is -0.771. The van der Waals surface area contributed by atoms with Crippen LogP contribution in [-0.4, -0.2) is 29.2 Å². The number of carbonyl (C=O) groups is 1. The zero-order chi connectivity index (χ0) is 10.1. The van der Waals surface area contributed by atoms with Gasteiger partial charge >= 0.3 is 6.09 Å². The predicted molar refractivity (Wildman–Crippen MR) is 51.8 cm³/mol. The van der Waals surface area contributed by atoms with E-state index in [1.54, 1.807) is 0 Å². The number of piperidine rings is 1. The Morgan fingerprint density at radius 1 is 1.31 bits per heavy atom. The Hall–Kier alpha value is -0.730. The Labute approximate surface area is 79.7 Å².